The molecule has 1 N–H and O–H groups in total. The molecule has 0 saturated carbocycles. The van der Waals surface area contributed by atoms with E-state index in [0.717, 1.165) is 0 Å². The highest BCUT2D eigenvalue weighted by Gasteiger charge is 2.40. The molecule has 1 heterocycles. The second-order valence-corrected chi connectivity index (χ2v) is 3.75. The molecule has 0 aromatic carbocycles. The van der Waals surface area contributed by atoms with E-state index in [9.17, 15) is 13.2 Å². The predicted molar refractivity (Wildman–Crippen MR) is 54.8 cm³/mol. The molecule has 1 atom stereocenters. The lowest BCUT2D eigenvalue weighted by Crippen LogP contribution is -2.32. The summed E-state index contributed by atoms with van der Waals surface area (Å²) >= 11 is 1.88. The maximum atomic E-state index is 12.4. The molecule has 1 aromatic heterocycles. The van der Waals surface area contributed by atoms with Crippen molar-refractivity contribution in [2.45, 2.75) is 12.2 Å². The van der Waals surface area contributed by atoms with Gasteiger partial charge in [0.25, 0.3) is 0 Å². The van der Waals surface area contributed by atoms with Gasteiger partial charge in [-0.2, -0.15) is 13.2 Å². The van der Waals surface area contributed by atoms with Gasteiger partial charge in [0.1, 0.15) is 9.74 Å². The van der Waals surface area contributed by atoms with Crippen LogP contribution < -0.4 is 5.32 Å². The Kier molecular flexibility index (Phi) is 3.71. The topological polar surface area (TPSA) is 24.9 Å². The fraction of sp³-hybridized carbons (Fsp3) is 0.375. The zero-order chi connectivity index (χ0) is 10.8. The molecule has 1 rings (SSSR count). The van der Waals surface area contributed by atoms with Crippen molar-refractivity contribution in [3.05, 3.63) is 27.6 Å². The maximum absolute atomic E-state index is 12.4. The minimum absolute atomic E-state index is 0.00750. The van der Waals surface area contributed by atoms with Crippen LogP contribution in [0.1, 0.15) is 11.7 Å². The molecule has 0 aliphatic heterocycles. The highest BCUT2D eigenvalue weighted by molar-refractivity contribution is 14.1. The van der Waals surface area contributed by atoms with Gasteiger partial charge in [0.05, 0.1) is 5.69 Å². The lowest BCUT2D eigenvalue weighted by molar-refractivity contribution is -0.157. The largest absolute Gasteiger partial charge is 0.409 e. The van der Waals surface area contributed by atoms with Gasteiger partial charge in [-0.05, 0) is 41.8 Å². The number of aromatic nitrogens is 1. The summed E-state index contributed by atoms with van der Waals surface area (Å²) in [7, 11) is 1.26. The molecular weight excluding hydrogens is 308 g/mol. The third-order valence-electron chi connectivity index (χ3n) is 1.65. The molecule has 2 nitrogen and oxygen atoms in total. The van der Waals surface area contributed by atoms with E-state index in [2.05, 4.69) is 10.3 Å². The van der Waals surface area contributed by atoms with E-state index in [1.54, 1.807) is 12.1 Å². The quantitative estimate of drug-likeness (QED) is 0.670. The minimum Gasteiger partial charge on any atom is -0.304 e. The van der Waals surface area contributed by atoms with Gasteiger partial charge in [0, 0.05) is 0 Å². The van der Waals surface area contributed by atoms with E-state index in [-0.39, 0.29) is 5.69 Å². The third kappa shape index (κ3) is 2.81. The van der Waals surface area contributed by atoms with Crippen molar-refractivity contribution in [1.29, 1.82) is 0 Å². The molecule has 0 radical (unpaired) electrons. The van der Waals surface area contributed by atoms with Crippen molar-refractivity contribution in [3.63, 3.8) is 0 Å². The van der Waals surface area contributed by atoms with Gasteiger partial charge < -0.3 is 5.32 Å². The molecule has 0 fully saturated rings. The van der Waals surface area contributed by atoms with E-state index in [1.165, 1.54) is 13.1 Å². The first-order chi connectivity index (χ1) is 6.45. The fourth-order valence-electron chi connectivity index (χ4n) is 1.06. The Hall–Kier alpha value is -0.370. The first-order valence-electron chi connectivity index (χ1n) is 3.81. The number of rotatable bonds is 2. The Bertz CT molecular complexity index is 314. The summed E-state index contributed by atoms with van der Waals surface area (Å²) in [5.41, 5.74) is -0.00750. The van der Waals surface area contributed by atoms with E-state index in [4.69, 9.17) is 0 Å². The van der Waals surface area contributed by atoms with Crippen LogP contribution in [0.25, 0.3) is 0 Å². The summed E-state index contributed by atoms with van der Waals surface area (Å²) < 4.78 is 37.8. The molecule has 0 saturated heterocycles. The van der Waals surface area contributed by atoms with Crippen molar-refractivity contribution in [3.8, 4) is 0 Å². The van der Waals surface area contributed by atoms with Crippen LogP contribution in [0.2, 0.25) is 0 Å². The molecule has 14 heavy (non-hydrogen) atoms. The molecular formula is C8H8F3IN2. The Morgan fingerprint density at radius 3 is 2.50 bits per heavy atom. The van der Waals surface area contributed by atoms with Gasteiger partial charge in [-0.15, -0.1) is 0 Å². The molecule has 0 aliphatic rings. The van der Waals surface area contributed by atoms with E-state index in [0.29, 0.717) is 3.70 Å². The monoisotopic (exact) mass is 316 g/mol. The van der Waals surface area contributed by atoms with Crippen molar-refractivity contribution < 1.29 is 13.2 Å². The van der Waals surface area contributed by atoms with Crippen LogP contribution in [0.5, 0.6) is 0 Å². The Balaban J connectivity index is 3.01. The molecule has 6 heteroatoms. The molecule has 0 aliphatic carbocycles. The summed E-state index contributed by atoms with van der Waals surface area (Å²) in [4.78, 5) is 3.81. The average molecular weight is 316 g/mol. The molecule has 78 valence electrons. The zero-order valence-corrected chi connectivity index (χ0v) is 9.43. The highest BCUT2D eigenvalue weighted by atomic mass is 127. The molecule has 1 aromatic rings. The Morgan fingerprint density at radius 1 is 1.43 bits per heavy atom. The number of alkyl halides is 3. The maximum Gasteiger partial charge on any atom is 0.409 e. The normalized spacial score (nSPS) is 14.1. The van der Waals surface area contributed by atoms with Gasteiger partial charge in [0.2, 0.25) is 0 Å². The highest BCUT2D eigenvalue weighted by Crippen LogP contribution is 2.31. The molecule has 1 unspecified atom stereocenters. The molecule has 0 amide bonds. The zero-order valence-electron chi connectivity index (χ0n) is 7.27. The first-order valence-corrected chi connectivity index (χ1v) is 4.89. The van der Waals surface area contributed by atoms with Crippen LogP contribution in [0.15, 0.2) is 18.2 Å². The molecule has 0 bridgehead atoms. The smallest absolute Gasteiger partial charge is 0.304 e. The number of nitrogens with zero attached hydrogens (tertiary/aromatic N) is 1. The summed E-state index contributed by atoms with van der Waals surface area (Å²) in [5.74, 6) is 0. The first kappa shape index (κ1) is 11.7. The Labute approximate surface area is 93.1 Å². The summed E-state index contributed by atoms with van der Waals surface area (Å²) in [6, 6.07) is 2.86. The van der Waals surface area contributed by atoms with E-state index < -0.39 is 12.2 Å². The number of halogens is 4. The average Bonchev–Trinajstić information content (AvgIpc) is 2.02. The van der Waals surface area contributed by atoms with Crippen molar-refractivity contribution in [1.82, 2.24) is 10.3 Å². The number of hydrogen-bond acceptors (Lipinski definition) is 2. The van der Waals surface area contributed by atoms with Gasteiger partial charge in [-0.1, -0.05) is 6.07 Å². The summed E-state index contributed by atoms with van der Waals surface area (Å²) in [5, 5.41) is 2.19. The van der Waals surface area contributed by atoms with Crippen LogP contribution in [0.3, 0.4) is 0 Å². The minimum atomic E-state index is -4.31. The predicted octanol–water partition coefficient (Wildman–Crippen LogP) is 2.51. The summed E-state index contributed by atoms with van der Waals surface area (Å²) in [6.45, 7) is 0. The van der Waals surface area contributed by atoms with E-state index in [1.807, 2.05) is 22.6 Å². The second-order valence-electron chi connectivity index (χ2n) is 2.65. The Morgan fingerprint density at radius 2 is 2.07 bits per heavy atom. The number of nitrogens with one attached hydrogen (secondary N) is 1. The van der Waals surface area contributed by atoms with Gasteiger partial charge in [-0.25, -0.2) is 4.98 Å². The molecule has 0 spiro atoms. The number of pyridine rings is 1. The van der Waals surface area contributed by atoms with Crippen LogP contribution in [0.4, 0.5) is 13.2 Å². The third-order valence-corrected chi connectivity index (χ3v) is 2.25. The van der Waals surface area contributed by atoms with Crippen LogP contribution >= 0.6 is 22.6 Å². The van der Waals surface area contributed by atoms with Crippen LogP contribution in [-0.4, -0.2) is 18.2 Å². The van der Waals surface area contributed by atoms with Crippen LogP contribution in [0, 0.1) is 3.70 Å². The van der Waals surface area contributed by atoms with Gasteiger partial charge in [0.15, 0.2) is 0 Å². The SMILES string of the molecule is CNC(c1cccc(I)n1)C(F)(F)F. The van der Waals surface area contributed by atoms with Gasteiger partial charge in [-0.3, -0.25) is 0 Å². The van der Waals surface area contributed by atoms with Crippen molar-refractivity contribution in [2.75, 3.05) is 7.05 Å². The van der Waals surface area contributed by atoms with Crippen molar-refractivity contribution in [2.24, 2.45) is 0 Å². The lowest BCUT2D eigenvalue weighted by atomic mass is 10.2. The van der Waals surface area contributed by atoms with Crippen LogP contribution in [-0.2, 0) is 0 Å². The van der Waals surface area contributed by atoms with Gasteiger partial charge >= 0.3 is 6.18 Å². The lowest BCUT2D eigenvalue weighted by Gasteiger charge is -2.18. The van der Waals surface area contributed by atoms with E-state index >= 15 is 0 Å². The fourth-order valence-corrected chi connectivity index (χ4v) is 1.55. The standard InChI is InChI=1S/C8H8F3IN2/c1-13-7(8(9,10)11)5-3-2-4-6(12)14-5/h2-4,7,13H,1H3. The summed E-state index contributed by atoms with van der Waals surface area (Å²) in [6.07, 6.45) is -4.31. The number of hydrogen-bond donors (Lipinski definition) is 1. The second kappa shape index (κ2) is 4.43. The van der Waals surface area contributed by atoms with Crippen molar-refractivity contribution >= 4 is 22.6 Å².